The summed E-state index contributed by atoms with van der Waals surface area (Å²) < 4.78 is 4.84. The molecule has 1 aliphatic heterocycles. The van der Waals surface area contributed by atoms with Gasteiger partial charge in [0.2, 0.25) is 5.91 Å². The summed E-state index contributed by atoms with van der Waals surface area (Å²) >= 11 is 0. The second-order valence-electron chi connectivity index (χ2n) is 6.56. The normalized spacial score (nSPS) is 21.2. The maximum absolute atomic E-state index is 12.3. The van der Waals surface area contributed by atoms with Crippen LogP contribution in [-0.2, 0) is 19.1 Å². The Kier molecular flexibility index (Phi) is 6.53. The van der Waals surface area contributed by atoms with E-state index in [1.807, 2.05) is 13.8 Å². The summed E-state index contributed by atoms with van der Waals surface area (Å²) in [5, 5.41) is 5.27. The standard InChI is InChI=1S/C15H25N3O5/c1-9(2)6-11(23-14(16)22)13(21)18-15(3,8-19)7-10-4-5-17-12(10)20/h8-11H,4-7H2,1-3H3,(H2,16,22)(H,17,20)(H,18,21). The van der Waals surface area contributed by atoms with Crippen LogP contribution in [0.2, 0.25) is 0 Å². The van der Waals surface area contributed by atoms with Crippen molar-refractivity contribution in [3.8, 4) is 0 Å². The summed E-state index contributed by atoms with van der Waals surface area (Å²) in [7, 11) is 0. The van der Waals surface area contributed by atoms with Crippen molar-refractivity contribution in [1.82, 2.24) is 10.6 Å². The Bertz CT molecular complexity index is 480. The minimum atomic E-state index is -1.21. The lowest BCUT2D eigenvalue weighted by Gasteiger charge is -2.29. The van der Waals surface area contributed by atoms with Gasteiger partial charge in [0, 0.05) is 12.5 Å². The number of amides is 3. The van der Waals surface area contributed by atoms with Crippen molar-refractivity contribution >= 4 is 24.2 Å². The largest absolute Gasteiger partial charge is 0.436 e. The summed E-state index contributed by atoms with van der Waals surface area (Å²) in [6, 6.07) is 0. The number of rotatable bonds is 8. The van der Waals surface area contributed by atoms with E-state index in [0.29, 0.717) is 19.3 Å². The molecular weight excluding hydrogens is 302 g/mol. The number of primary amides is 1. The van der Waals surface area contributed by atoms with Crippen LogP contribution in [0.5, 0.6) is 0 Å². The second kappa shape index (κ2) is 7.94. The number of nitrogens with two attached hydrogens (primary N) is 1. The van der Waals surface area contributed by atoms with E-state index in [2.05, 4.69) is 10.6 Å². The van der Waals surface area contributed by atoms with E-state index in [1.54, 1.807) is 6.92 Å². The summed E-state index contributed by atoms with van der Waals surface area (Å²) in [5.41, 5.74) is 3.78. The van der Waals surface area contributed by atoms with Crippen LogP contribution < -0.4 is 16.4 Å². The molecule has 0 aromatic heterocycles. The molecule has 3 atom stereocenters. The SMILES string of the molecule is CC(C)CC(OC(N)=O)C(=O)NC(C)(C=O)CC1CCNC1=O. The summed E-state index contributed by atoms with van der Waals surface area (Å²) in [5.74, 6) is -0.954. The lowest BCUT2D eigenvalue weighted by molar-refractivity contribution is -0.135. The topological polar surface area (TPSA) is 128 Å². The van der Waals surface area contributed by atoms with E-state index in [9.17, 15) is 19.2 Å². The van der Waals surface area contributed by atoms with Crippen LogP contribution in [0.15, 0.2) is 0 Å². The monoisotopic (exact) mass is 327 g/mol. The molecule has 1 heterocycles. The first-order valence-electron chi connectivity index (χ1n) is 7.69. The highest BCUT2D eigenvalue weighted by Gasteiger charge is 2.37. The third-order valence-corrected chi connectivity index (χ3v) is 3.74. The summed E-state index contributed by atoms with van der Waals surface area (Å²) in [6.07, 6.45) is -0.413. The molecule has 0 saturated carbocycles. The minimum absolute atomic E-state index is 0.0909. The number of nitrogens with one attached hydrogen (secondary N) is 2. The third-order valence-electron chi connectivity index (χ3n) is 3.74. The fraction of sp³-hybridized carbons (Fsp3) is 0.733. The number of ether oxygens (including phenoxy) is 1. The van der Waals surface area contributed by atoms with Crippen LogP contribution in [0.4, 0.5) is 4.79 Å². The first-order valence-corrected chi connectivity index (χ1v) is 7.69. The Labute approximate surface area is 135 Å². The molecule has 0 aromatic rings. The fourth-order valence-corrected chi connectivity index (χ4v) is 2.62. The van der Waals surface area contributed by atoms with Crippen molar-refractivity contribution in [2.75, 3.05) is 6.54 Å². The molecule has 4 N–H and O–H groups in total. The summed E-state index contributed by atoms with van der Waals surface area (Å²) in [6.45, 7) is 5.84. The van der Waals surface area contributed by atoms with Crippen LogP contribution >= 0.6 is 0 Å². The van der Waals surface area contributed by atoms with Crippen LogP contribution in [0.25, 0.3) is 0 Å². The van der Waals surface area contributed by atoms with Gasteiger partial charge in [0.15, 0.2) is 6.10 Å². The van der Waals surface area contributed by atoms with Crippen molar-refractivity contribution in [3.05, 3.63) is 0 Å². The molecule has 3 unspecified atom stereocenters. The highest BCUT2D eigenvalue weighted by molar-refractivity contribution is 5.87. The maximum atomic E-state index is 12.3. The molecule has 0 bridgehead atoms. The Morgan fingerprint density at radius 2 is 2.17 bits per heavy atom. The Morgan fingerprint density at radius 1 is 1.52 bits per heavy atom. The number of aldehydes is 1. The van der Waals surface area contributed by atoms with Gasteiger partial charge in [-0.25, -0.2) is 4.79 Å². The Morgan fingerprint density at radius 3 is 2.61 bits per heavy atom. The summed E-state index contributed by atoms with van der Waals surface area (Å²) in [4.78, 5) is 46.4. The second-order valence-corrected chi connectivity index (χ2v) is 6.56. The molecule has 130 valence electrons. The van der Waals surface area contributed by atoms with Crippen molar-refractivity contribution in [2.45, 2.75) is 51.7 Å². The average Bonchev–Trinajstić information content (AvgIpc) is 2.82. The molecule has 1 aliphatic rings. The number of hydrogen-bond acceptors (Lipinski definition) is 5. The fourth-order valence-electron chi connectivity index (χ4n) is 2.62. The minimum Gasteiger partial charge on any atom is -0.436 e. The lowest BCUT2D eigenvalue weighted by atomic mass is 9.88. The number of carbonyl (C=O) groups excluding carboxylic acids is 4. The zero-order valence-corrected chi connectivity index (χ0v) is 13.8. The van der Waals surface area contributed by atoms with Crippen LogP contribution in [0.1, 0.15) is 40.0 Å². The van der Waals surface area contributed by atoms with Gasteiger partial charge in [0.25, 0.3) is 5.91 Å². The molecule has 1 rings (SSSR count). The van der Waals surface area contributed by atoms with E-state index >= 15 is 0 Å². The Balaban J connectivity index is 2.76. The molecule has 0 spiro atoms. The predicted molar refractivity (Wildman–Crippen MR) is 82.3 cm³/mol. The van der Waals surface area contributed by atoms with E-state index in [-0.39, 0.29) is 30.6 Å². The van der Waals surface area contributed by atoms with Crippen LogP contribution in [-0.4, -0.2) is 42.4 Å². The molecule has 0 radical (unpaired) electrons. The first-order chi connectivity index (χ1) is 10.7. The number of hydrogen-bond donors (Lipinski definition) is 3. The van der Waals surface area contributed by atoms with Gasteiger partial charge in [0.1, 0.15) is 6.29 Å². The molecule has 0 aromatic carbocycles. The van der Waals surface area contributed by atoms with Gasteiger partial charge in [-0.15, -0.1) is 0 Å². The van der Waals surface area contributed by atoms with Gasteiger partial charge in [-0.05, 0) is 32.1 Å². The van der Waals surface area contributed by atoms with E-state index in [0.717, 1.165) is 0 Å². The molecule has 1 saturated heterocycles. The molecule has 0 aliphatic carbocycles. The highest BCUT2D eigenvalue weighted by atomic mass is 16.6. The van der Waals surface area contributed by atoms with Gasteiger partial charge < -0.3 is 25.9 Å². The smallest absolute Gasteiger partial charge is 0.405 e. The highest BCUT2D eigenvalue weighted by Crippen LogP contribution is 2.22. The predicted octanol–water partition coefficient (Wildman–Crippen LogP) is 0.0964. The van der Waals surface area contributed by atoms with Crippen molar-refractivity contribution < 1.29 is 23.9 Å². The van der Waals surface area contributed by atoms with E-state index in [4.69, 9.17) is 10.5 Å². The average molecular weight is 327 g/mol. The van der Waals surface area contributed by atoms with Crippen LogP contribution in [0, 0.1) is 11.8 Å². The Hall–Kier alpha value is -2.12. The van der Waals surface area contributed by atoms with Gasteiger partial charge in [-0.2, -0.15) is 0 Å². The van der Waals surface area contributed by atoms with Crippen molar-refractivity contribution in [1.29, 1.82) is 0 Å². The zero-order chi connectivity index (χ0) is 17.6. The zero-order valence-electron chi connectivity index (χ0n) is 13.8. The molecule has 23 heavy (non-hydrogen) atoms. The van der Waals surface area contributed by atoms with Crippen LogP contribution in [0.3, 0.4) is 0 Å². The lowest BCUT2D eigenvalue weighted by Crippen LogP contribution is -2.53. The van der Waals surface area contributed by atoms with E-state index in [1.165, 1.54) is 0 Å². The maximum Gasteiger partial charge on any atom is 0.405 e. The quantitative estimate of drug-likeness (QED) is 0.545. The van der Waals surface area contributed by atoms with Crippen molar-refractivity contribution in [3.63, 3.8) is 0 Å². The molecule has 8 nitrogen and oxygen atoms in total. The first kappa shape index (κ1) is 18.9. The molecule has 3 amide bonds. The van der Waals surface area contributed by atoms with Crippen molar-refractivity contribution in [2.24, 2.45) is 17.6 Å². The van der Waals surface area contributed by atoms with Gasteiger partial charge in [-0.1, -0.05) is 13.8 Å². The molecule has 1 fully saturated rings. The van der Waals surface area contributed by atoms with Gasteiger partial charge >= 0.3 is 6.09 Å². The van der Waals surface area contributed by atoms with E-state index < -0.39 is 23.6 Å². The van der Waals surface area contributed by atoms with Gasteiger partial charge in [-0.3, -0.25) is 9.59 Å². The molecular formula is C15H25N3O5. The third kappa shape index (κ3) is 5.88. The van der Waals surface area contributed by atoms with Gasteiger partial charge in [0.05, 0.1) is 5.54 Å². The number of carbonyl (C=O) groups is 4. The molecule has 8 heteroatoms.